The fourth-order valence-electron chi connectivity index (χ4n) is 0.534. The minimum absolute atomic E-state index is 0. The highest BCUT2D eigenvalue weighted by Gasteiger charge is 1.72. The zero-order valence-corrected chi connectivity index (χ0v) is 10.0. The average molecular weight is 229 g/mol. The van der Waals surface area contributed by atoms with E-state index in [9.17, 15) is 0 Å². The largest absolute Gasteiger partial charge is 0.344 e. The third-order valence-corrected chi connectivity index (χ3v) is 0.940. The molecule has 1 rings (SSSR count). The van der Waals surface area contributed by atoms with Crippen molar-refractivity contribution in [3.63, 3.8) is 0 Å². The maximum atomic E-state index is 8.35. The molecule has 15 heavy (non-hydrogen) atoms. The van der Waals surface area contributed by atoms with E-state index in [-0.39, 0.29) is 16.0 Å². The first kappa shape index (κ1) is 23.3. The summed E-state index contributed by atoms with van der Waals surface area (Å²) in [7, 11) is 0. The van der Waals surface area contributed by atoms with E-state index in [1.165, 1.54) is 5.56 Å². The van der Waals surface area contributed by atoms with Gasteiger partial charge in [0.05, 0.1) is 0 Å². The molecule has 0 aliphatic heterocycles. The van der Waals surface area contributed by atoms with E-state index < -0.39 is 0 Å². The molecule has 0 radical (unpaired) electrons. The predicted octanol–water partition coefficient (Wildman–Crippen LogP) is 2.02. The molecule has 5 N–H and O–H groups in total. The molecule has 1 unspecified atom stereocenters. The van der Waals surface area contributed by atoms with Crippen LogP contribution in [-0.2, 0) is 9.59 Å². The van der Waals surface area contributed by atoms with Gasteiger partial charge in [-0.1, -0.05) is 35.9 Å². The summed E-state index contributed by atoms with van der Waals surface area (Å²) in [5, 5.41) is 10.8. The lowest BCUT2D eigenvalue weighted by Crippen LogP contribution is -1.62. The molecule has 0 saturated carbocycles. The maximum Gasteiger partial charge on any atom is 0.231 e. The van der Waals surface area contributed by atoms with Gasteiger partial charge in [0.2, 0.25) is 12.2 Å². The van der Waals surface area contributed by atoms with Crippen molar-refractivity contribution in [2.45, 2.75) is 6.92 Å². The molecular formula is C9H16N3O2P. The summed E-state index contributed by atoms with van der Waals surface area (Å²) < 4.78 is 0. The van der Waals surface area contributed by atoms with Crippen LogP contribution in [0.15, 0.2) is 30.3 Å². The van der Waals surface area contributed by atoms with Crippen LogP contribution in [0.25, 0.3) is 0 Å². The second kappa shape index (κ2) is 22.8. The van der Waals surface area contributed by atoms with Gasteiger partial charge in [0.1, 0.15) is 0 Å². The van der Waals surface area contributed by atoms with E-state index in [0.717, 1.165) is 12.2 Å². The van der Waals surface area contributed by atoms with Gasteiger partial charge in [0.15, 0.2) is 0 Å². The first-order valence-electron chi connectivity index (χ1n) is 3.32. The fourth-order valence-corrected chi connectivity index (χ4v) is 0.534. The third kappa shape index (κ3) is 32.8. The van der Waals surface area contributed by atoms with Crippen LogP contribution in [0.3, 0.4) is 0 Å². The second-order valence-corrected chi connectivity index (χ2v) is 1.86. The van der Waals surface area contributed by atoms with E-state index in [1.807, 2.05) is 18.2 Å². The van der Waals surface area contributed by atoms with Gasteiger partial charge in [-0.15, -0.1) is 0 Å². The number of carbonyl (C=O) groups excluding carboxylic acids is 2. The molecular weight excluding hydrogens is 213 g/mol. The van der Waals surface area contributed by atoms with E-state index >= 15 is 0 Å². The third-order valence-electron chi connectivity index (χ3n) is 0.940. The van der Waals surface area contributed by atoms with Crippen molar-refractivity contribution in [3.05, 3.63) is 35.9 Å². The zero-order chi connectivity index (χ0) is 10.5. The molecule has 0 amide bonds. The molecule has 0 aliphatic rings. The van der Waals surface area contributed by atoms with Gasteiger partial charge < -0.3 is 6.15 Å². The van der Waals surface area contributed by atoms with Crippen molar-refractivity contribution < 1.29 is 9.59 Å². The average Bonchev–Trinajstić information content (AvgIpc) is 2.08. The van der Waals surface area contributed by atoms with Gasteiger partial charge in [-0.3, -0.25) is 0 Å². The Morgan fingerprint density at radius 3 is 1.40 bits per heavy atom. The highest BCUT2D eigenvalue weighted by atomic mass is 31.0. The lowest BCUT2D eigenvalue weighted by atomic mass is 10.2. The monoisotopic (exact) mass is 229 g/mol. The molecule has 84 valence electrons. The van der Waals surface area contributed by atoms with Gasteiger partial charge in [-0.05, 0) is 6.92 Å². The molecule has 1 aromatic rings. The van der Waals surface area contributed by atoms with E-state index in [4.69, 9.17) is 20.4 Å². The number of aryl methyl sites for hydroxylation is 1. The summed E-state index contributed by atoms with van der Waals surface area (Å²) in [6.45, 7) is 2.08. The Hall–Kier alpha value is -1.63. The topological polar surface area (TPSA) is 117 Å². The first-order chi connectivity index (χ1) is 6.22. The zero-order valence-electron chi connectivity index (χ0n) is 8.62. The Morgan fingerprint density at radius 1 is 1.00 bits per heavy atom. The predicted molar refractivity (Wildman–Crippen MR) is 64.1 cm³/mol. The van der Waals surface area contributed by atoms with Crippen molar-refractivity contribution in [2.24, 2.45) is 0 Å². The highest BCUT2D eigenvalue weighted by Crippen LogP contribution is 1.92. The Bertz CT molecular complexity index is 267. The maximum absolute atomic E-state index is 8.35. The van der Waals surface area contributed by atoms with Crippen LogP contribution in [-0.4, -0.2) is 12.2 Å². The van der Waals surface area contributed by atoms with Crippen molar-refractivity contribution >= 4 is 22.1 Å². The van der Waals surface area contributed by atoms with Crippen LogP contribution in [0, 0.1) is 17.7 Å². The van der Waals surface area contributed by atoms with E-state index in [1.54, 1.807) is 0 Å². The van der Waals surface area contributed by atoms with Gasteiger partial charge in [0.25, 0.3) is 0 Å². The molecule has 0 heterocycles. The fraction of sp³-hybridized carbons (Fsp3) is 0.111. The van der Waals surface area contributed by atoms with Gasteiger partial charge in [0, 0.05) is 0 Å². The molecule has 0 aromatic heterocycles. The van der Waals surface area contributed by atoms with Crippen molar-refractivity contribution in [1.29, 1.82) is 10.8 Å². The molecule has 5 nitrogen and oxygen atoms in total. The molecule has 0 aliphatic carbocycles. The number of hydrogen-bond donors (Lipinski definition) is 3. The number of hydrogen-bond acceptors (Lipinski definition) is 5. The first-order valence-corrected chi connectivity index (χ1v) is 3.32. The standard InChI is InChI=1S/C7H8.2CHNO.H3N.H3P/c1-7-5-3-2-4-6-7;2*2-1-3;;/h2-6H,1H3;2*2H;2*1H3. The molecule has 0 spiro atoms. The smallest absolute Gasteiger partial charge is 0.231 e. The van der Waals surface area contributed by atoms with Crippen LogP contribution < -0.4 is 6.15 Å². The van der Waals surface area contributed by atoms with Crippen molar-refractivity contribution in [1.82, 2.24) is 6.15 Å². The Balaban J connectivity index is -0.0000000665. The highest BCUT2D eigenvalue weighted by molar-refractivity contribution is 6.92. The summed E-state index contributed by atoms with van der Waals surface area (Å²) in [4.78, 5) is 16.7. The quantitative estimate of drug-likeness (QED) is 0.359. The minimum Gasteiger partial charge on any atom is -0.344 e. The van der Waals surface area contributed by atoms with Gasteiger partial charge >= 0.3 is 0 Å². The SMILES string of the molecule is Cc1ccccc1.N.N=C=O.N=C=O.P. The molecule has 0 fully saturated rings. The van der Waals surface area contributed by atoms with E-state index in [2.05, 4.69) is 19.1 Å². The second-order valence-electron chi connectivity index (χ2n) is 1.86. The van der Waals surface area contributed by atoms with Gasteiger partial charge in [-0.2, -0.15) is 9.90 Å². The molecule has 0 bridgehead atoms. The summed E-state index contributed by atoms with van der Waals surface area (Å²) >= 11 is 0. The summed E-state index contributed by atoms with van der Waals surface area (Å²) in [6.07, 6.45) is 1.50. The normalized spacial score (nSPS) is 5.13. The Morgan fingerprint density at radius 2 is 1.27 bits per heavy atom. The Kier molecular flexibility index (Phi) is 35.5. The van der Waals surface area contributed by atoms with Gasteiger partial charge in [-0.25, -0.2) is 20.4 Å². The van der Waals surface area contributed by atoms with Crippen LogP contribution in [0.4, 0.5) is 0 Å². The summed E-state index contributed by atoms with van der Waals surface area (Å²) in [5.74, 6) is 0. The number of isocyanates is 2. The summed E-state index contributed by atoms with van der Waals surface area (Å²) in [6, 6.07) is 10.3. The van der Waals surface area contributed by atoms with Crippen LogP contribution in [0.1, 0.15) is 5.56 Å². The molecule has 1 aromatic carbocycles. The summed E-state index contributed by atoms with van der Waals surface area (Å²) in [5.41, 5.74) is 1.32. The number of benzene rings is 1. The minimum atomic E-state index is 0. The molecule has 0 saturated heterocycles. The lowest BCUT2D eigenvalue weighted by molar-refractivity contribution is 0.562. The number of nitrogens with one attached hydrogen (secondary N) is 2. The van der Waals surface area contributed by atoms with Crippen LogP contribution in [0.5, 0.6) is 0 Å². The lowest BCUT2D eigenvalue weighted by Gasteiger charge is -1.82. The van der Waals surface area contributed by atoms with Crippen molar-refractivity contribution in [2.75, 3.05) is 0 Å². The Labute approximate surface area is 92.1 Å². The molecule has 1 atom stereocenters. The van der Waals surface area contributed by atoms with Crippen LogP contribution in [0.2, 0.25) is 0 Å². The molecule has 6 heteroatoms. The van der Waals surface area contributed by atoms with Crippen LogP contribution >= 0.6 is 9.90 Å². The van der Waals surface area contributed by atoms with E-state index in [0.29, 0.717) is 0 Å². The number of rotatable bonds is 0. The van der Waals surface area contributed by atoms with Crippen molar-refractivity contribution in [3.8, 4) is 0 Å².